The van der Waals surface area contributed by atoms with E-state index in [1.807, 2.05) is 12.1 Å². The van der Waals surface area contributed by atoms with Crippen molar-refractivity contribution in [2.75, 3.05) is 6.54 Å². The summed E-state index contributed by atoms with van der Waals surface area (Å²) in [4.78, 5) is 39.8. The van der Waals surface area contributed by atoms with Gasteiger partial charge in [-0.05, 0) is 13.0 Å². The van der Waals surface area contributed by atoms with E-state index in [1.165, 1.54) is 4.90 Å². The first-order chi connectivity index (χ1) is 11.6. The number of carbonyl (C=O) groups is 3. The fourth-order valence-electron chi connectivity index (χ4n) is 3.98. The summed E-state index contributed by atoms with van der Waals surface area (Å²) in [5, 5.41) is 5.93. The lowest BCUT2D eigenvalue weighted by atomic mass is 9.86. The second-order valence-corrected chi connectivity index (χ2v) is 6.17. The molecule has 2 amide bonds. The maximum atomic E-state index is 13.1. The van der Waals surface area contributed by atoms with Gasteiger partial charge in [-0.25, -0.2) is 0 Å². The van der Waals surface area contributed by atoms with Crippen LogP contribution in [0, 0.1) is 11.8 Å². The number of likely N-dealkylation sites (tertiary alicyclic amines) is 1. The van der Waals surface area contributed by atoms with Gasteiger partial charge < -0.3 is 0 Å². The normalized spacial score (nSPS) is 30.7. The molecule has 0 N–H and O–H groups in total. The lowest BCUT2D eigenvalue weighted by molar-refractivity contribution is -0.141. The SMILES string of the molecule is CCN1C(=O)C2C(C1=O)C(C(=O)c1ccccc1)N1N=CC=CC21. The second-order valence-electron chi connectivity index (χ2n) is 6.17. The number of hydrogen-bond acceptors (Lipinski definition) is 5. The number of carbonyl (C=O) groups excluding carboxylic acids is 3. The Morgan fingerprint density at radius 2 is 1.83 bits per heavy atom. The van der Waals surface area contributed by atoms with Crippen LogP contribution in [0.3, 0.4) is 0 Å². The summed E-state index contributed by atoms with van der Waals surface area (Å²) in [6.07, 6.45) is 5.21. The molecule has 0 bridgehead atoms. The van der Waals surface area contributed by atoms with Crippen molar-refractivity contribution in [1.82, 2.24) is 9.91 Å². The highest BCUT2D eigenvalue weighted by Gasteiger charge is 2.63. The van der Waals surface area contributed by atoms with Crippen molar-refractivity contribution in [3.05, 3.63) is 48.0 Å². The van der Waals surface area contributed by atoms with E-state index in [1.54, 1.807) is 48.5 Å². The smallest absolute Gasteiger partial charge is 0.235 e. The quantitative estimate of drug-likeness (QED) is 0.617. The molecule has 3 aliphatic rings. The van der Waals surface area contributed by atoms with Gasteiger partial charge in [-0.1, -0.05) is 36.4 Å². The van der Waals surface area contributed by atoms with Crippen molar-refractivity contribution in [2.24, 2.45) is 16.9 Å². The number of allylic oxidation sites excluding steroid dienone is 1. The Bertz CT molecular complexity index is 771. The average Bonchev–Trinajstić information content (AvgIpc) is 3.08. The zero-order chi connectivity index (χ0) is 16.8. The van der Waals surface area contributed by atoms with Gasteiger partial charge in [0.05, 0.1) is 17.9 Å². The van der Waals surface area contributed by atoms with Gasteiger partial charge in [0, 0.05) is 18.3 Å². The lowest BCUT2D eigenvalue weighted by Gasteiger charge is -2.30. The molecule has 0 spiro atoms. The number of Topliss-reactive ketones (excluding diaryl/α,β-unsaturated/α-hetero) is 1. The van der Waals surface area contributed by atoms with E-state index >= 15 is 0 Å². The van der Waals surface area contributed by atoms with Gasteiger partial charge >= 0.3 is 0 Å². The minimum absolute atomic E-state index is 0.167. The highest BCUT2D eigenvalue weighted by molar-refractivity contribution is 6.11. The van der Waals surface area contributed by atoms with Crippen molar-refractivity contribution in [1.29, 1.82) is 0 Å². The first-order valence-electron chi connectivity index (χ1n) is 8.08. The molecule has 0 aliphatic carbocycles. The third kappa shape index (κ3) is 1.89. The Labute approximate surface area is 139 Å². The van der Waals surface area contributed by atoms with E-state index < -0.39 is 17.9 Å². The van der Waals surface area contributed by atoms with Crippen LogP contribution in [0.25, 0.3) is 0 Å². The van der Waals surface area contributed by atoms with Gasteiger partial charge in [-0.3, -0.25) is 24.3 Å². The van der Waals surface area contributed by atoms with Gasteiger partial charge in [0.2, 0.25) is 11.8 Å². The summed E-state index contributed by atoms with van der Waals surface area (Å²) >= 11 is 0. The lowest BCUT2D eigenvalue weighted by Crippen LogP contribution is -2.45. The van der Waals surface area contributed by atoms with Crippen LogP contribution in [-0.2, 0) is 9.59 Å². The van der Waals surface area contributed by atoms with Crippen LogP contribution in [0.2, 0.25) is 0 Å². The molecule has 4 atom stereocenters. The molecule has 0 aromatic heterocycles. The molecule has 0 saturated carbocycles. The highest BCUT2D eigenvalue weighted by Crippen LogP contribution is 2.44. The molecule has 2 fully saturated rings. The topological polar surface area (TPSA) is 70.1 Å². The average molecular weight is 323 g/mol. The van der Waals surface area contributed by atoms with Crippen LogP contribution in [0.15, 0.2) is 47.6 Å². The van der Waals surface area contributed by atoms with Gasteiger partial charge in [0.25, 0.3) is 0 Å². The van der Waals surface area contributed by atoms with Crippen LogP contribution >= 0.6 is 0 Å². The molecule has 2 saturated heterocycles. The van der Waals surface area contributed by atoms with E-state index in [2.05, 4.69) is 5.10 Å². The second kappa shape index (κ2) is 5.40. The van der Waals surface area contributed by atoms with E-state index in [9.17, 15) is 14.4 Å². The number of nitrogens with zero attached hydrogens (tertiary/aromatic N) is 3. The number of hydrogen-bond donors (Lipinski definition) is 0. The third-order valence-electron chi connectivity index (χ3n) is 5.03. The zero-order valence-electron chi connectivity index (χ0n) is 13.2. The Kier molecular flexibility index (Phi) is 3.33. The molecule has 0 radical (unpaired) electrons. The molecule has 1 aromatic rings. The highest BCUT2D eigenvalue weighted by atomic mass is 16.2. The van der Waals surface area contributed by atoms with Crippen molar-refractivity contribution in [3.63, 3.8) is 0 Å². The van der Waals surface area contributed by atoms with Crippen LogP contribution in [0.4, 0.5) is 0 Å². The van der Waals surface area contributed by atoms with Crippen molar-refractivity contribution in [3.8, 4) is 0 Å². The first-order valence-corrected chi connectivity index (χ1v) is 8.08. The maximum Gasteiger partial charge on any atom is 0.235 e. The Hall–Kier alpha value is -2.76. The van der Waals surface area contributed by atoms with E-state index in [0.717, 1.165) is 0 Å². The molecular formula is C18H17N3O3. The molecule has 3 aliphatic heterocycles. The maximum absolute atomic E-state index is 13.1. The van der Waals surface area contributed by atoms with Crippen LogP contribution in [0.5, 0.6) is 0 Å². The van der Waals surface area contributed by atoms with Crippen molar-refractivity contribution >= 4 is 23.8 Å². The Morgan fingerprint density at radius 3 is 2.54 bits per heavy atom. The molecule has 122 valence electrons. The minimum Gasteiger partial charge on any atom is -0.292 e. The van der Waals surface area contributed by atoms with Crippen LogP contribution in [-0.4, -0.2) is 52.3 Å². The number of imide groups is 1. The van der Waals surface area contributed by atoms with Gasteiger partial charge in [-0.15, -0.1) is 0 Å². The first kappa shape index (κ1) is 14.8. The van der Waals surface area contributed by atoms with Gasteiger partial charge in [0.15, 0.2) is 5.78 Å². The van der Waals surface area contributed by atoms with E-state index in [-0.39, 0.29) is 23.6 Å². The summed E-state index contributed by atoms with van der Waals surface area (Å²) in [6, 6.07) is 7.79. The number of hydrazone groups is 1. The summed E-state index contributed by atoms with van der Waals surface area (Å²) in [5.41, 5.74) is 0.529. The molecule has 1 aromatic carbocycles. The van der Waals surface area contributed by atoms with Gasteiger partial charge in [0.1, 0.15) is 6.04 Å². The number of rotatable bonds is 3. The summed E-state index contributed by atoms with van der Waals surface area (Å²) in [7, 11) is 0. The number of fused-ring (bicyclic) bond motifs is 3. The summed E-state index contributed by atoms with van der Waals surface area (Å²) < 4.78 is 0. The van der Waals surface area contributed by atoms with E-state index in [0.29, 0.717) is 12.1 Å². The summed E-state index contributed by atoms with van der Waals surface area (Å²) in [6.45, 7) is 2.11. The molecule has 3 heterocycles. The third-order valence-corrected chi connectivity index (χ3v) is 5.03. The predicted molar refractivity (Wildman–Crippen MR) is 87.2 cm³/mol. The molecule has 6 nitrogen and oxygen atoms in total. The fraction of sp³-hybridized carbons (Fsp3) is 0.333. The largest absolute Gasteiger partial charge is 0.292 e. The molecule has 4 rings (SSSR count). The standard InChI is InChI=1S/C18H17N3O3/c1-2-20-17(23)13-12-9-6-10-19-21(12)15(14(13)18(20)24)16(22)11-7-4-3-5-8-11/h3-10,12-15H,2H2,1H3. The minimum atomic E-state index is -0.739. The van der Waals surface area contributed by atoms with Crippen LogP contribution < -0.4 is 0 Å². The van der Waals surface area contributed by atoms with Crippen molar-refractivity contribution in [2.45, 2.75) is 19.0 Å². The number of benzene rings is 1. The number of amides is 2. The van der Waals surface area contributed by atoms with E-state index in [4.69, 9.17) is 0 Å². The predicted octanol–water partition coefficient (Wildman–Crippen LogP) is 1.10. The molecule has 4 unspecified atom stereocenters. The van der Waals surface area contributed by atoms with Crippen LogP contribution in [0.1, 0.15) is 17.3 Å². The monoisotopic (exact) mass is 323 g/mol. The summed E-state index contributed by atoms with van der Waals surface area (Å²) in [5.74, 6) is -1.84. The molecule has 24 heavy (non-hydrogen) atoms. The molecule has 6 heteroatoms. The number of ketones is 1. The fourth-order valence-corrected chi connectivity index (χ4v) is 3.98. The van der Waals surface area contributed by atoms with Crippen molar-refractivity contribution < 1.29 is 14.4 Å². The Morgan fingerprint density at radius 1 is 1.12 bits per heavy atom. The Balaban J connectivity index is 1.79. The van der Waals surface area contributed by atoms with Gasteiger partial charge in [-0.2, -0.15) is 5.10 Å². The zero-order valence-corrected chi connectivity index (χ0v) is 13.2. The molecular weight excluding hydrogens is 306 g/mol.